The van der Waals surface area contributed by atoms with Crippen molar-refractivity contribution in [1.29, 1.82) is 0 Å². The fourth-order valence-corrected chi connectivity index (χ4v) is 2.21. The highest BCUT2D eigenvalue weighted by Gasteiger charge is 2.15. The fourth-order valence-electron chi connectivity index (χ4n) is 2.21. The molecular formula is C18H31IN4O2. The van der Waals surface area contributed by atoms with E-state index in [1.54, 1.807) is 7.11 Å². The third-order valence-corrected chi connectivity index (χ3v) is 3.79. The van der Waals surface area contributed by atoms with Crippen molar-refractivity contribution in [2.45, 2.75) is 32.7 Å². The minimum atomic E-state index is -0.118. The number of halogens is 1. The van der Waals surface area contributed by atoms with Gasteiger partial charge in [-0.15, -0.1) is 24.0 Å². The van der Waals surface area contributed by atoms with Crippen molar-refractivity contribution < 1.29 is 9.53 Å². The van der Waals surface area contributed by atoms with Crippen molar-refractivity contribution in [2.75, 3.05) is 33.4 Å². The summed E-state index contributed by atoms with van der Waals surface area (Å²) in [5.74, 6) is 0.855. The summed E-state index contributed by atoms with van der Waals surface area (Å²) in [6, 6.07) is 10.5. The molecule has 1 amide bonds. The second-order valence-electron chi connectivity index (χ2n) is 5.67. The molecule has 25 heavy (non-hydrogen) atoms. The van der Waals surface area contributed by atoms with Crippen LogP contribution in [-0.4, -0.2) is 51.3 Å². The second kappa shape index (κ2) is 13.9. The molecule has 1 aromatic carbocycles. The van der Waals surface area contributed by atoms with Crippen LogP contribution in [0.1, 0.15) is 32.3 Å². The van der Waals surface area contributed by atoms with Gasteiger partial charge in [-0.1, -0.05) is 37.3 Å². The Morgan fingerprint density at radius 1 is 1.20 bits per heavy atom. The minimum Gasteiger partial charge on any atom is -0.383 e. The first-order chi connectivity index (χ1) is 11.6. The molecular weight excluding hydrogens is 431 g/mol. The van der Waals surface area contributed by atoms with E-state index in [-0.39, 0.29) is 42.5 Å². The Morgan fingerprint density at radius 2 is 1.88 bits per heavy atom. The monoisotopic (exact) mass is 462 g/mol. The van der Waals surface area contributed by atoms with Gasteiger partial charge in [0.15, 0.2) is 5.96 Å². The van der Waals surface area contributed by atoms with Crippen LogP contribution < -0.4 is 16.0 Å². The van der Waals surface area contributed by atoms with Crippen molar-refractivity contribution in [3.63, 3.8) is 0 Å². The molecule has 2 unspecified atom stereocenters. The van der Waals surface area contributed by atoms with E-state index >= 15 is 0 Å². The largest absolute Gasteiger partial charge is 0.383 e. The average Bonchev–Trinajstić information content (AvgIpc) is 2.60. The number of ether oxygens (including phenoxy) is 1. The van der Waals surface area contributed by atoms with Crippen LogP contribution in [0.25, 0.3) is 0 Å². The van der Waals surface area contributed by atoms with Crippen LogP contribution in [0.3, 0.4) is 0 Å². The standard InChI is InChI=1S/C18H30N4O2.HI/c1-5-19-18(21-13-17(23)20-11-12-24-4)22-15(3)14(2)16-9-7-6-8-10-16;/h6-10,14-15H,5,11-13H2,1-4H3,(H,20,23)(H2,19,21,22);1H. The summed E-state index contributed by atoms with van der Waals surface area (Å²) >= 11 is 0. The summed E-state index contributed by atoms with van der Waals surface area (Å²) in [4.78, 5) is 16.1. The molecule has 0 saturated heterocycles. The van der Waals surface area contributed by atoms with Crippen LogP contribution in [-0.2, 0) is 9.53 Å². The Balaban J connectivity index is 0.00000576. The Bertz CT molecular complexity index is 511. The highest BCUT2D eigenvalue weighted by atomic mass is 127. The van der Waals surface area contributed by atoms with Crippen molar-refractivity contribution in [3.8, 4) is 0 Å². The topological polar surface area (TPSA) is 74.8 Å². The molecule has 0 saturated carbocycles. The first-order valence-corrected chi connectivity index (χ1v) is 8.43. The molecule has 1 rings (SSSR count). The molecule has 142 valence electrons. The second-order valence-corrected chi connectivity index (χ2v) is 5.67. The minimum absolute atomic E-state index is 0. The smallest absolute Gasteiger partial charge is 0.241 e. The number of nitrogens with zero attached hydrogens (tertiary/aromatic N) is 1. The van der Waals surface area contributed by atoms with E-state index in [2.05, 4.69) is 46.9 Å². The zero-order chi connectivity index (χ0) is 17.8. The molecule has 3 N–H and O–H groups in total. The molecule has 0 radical (unpaired) electrons. The van der Waals surface area contributed by atoms with Gasteiger partial charge in [0.2, 0.25) is 5.91 Å². The Hall–Kier alpha value is -1.35. The van der Waals surface area contributed by atoms with Crippen molar-refractivity contribution in [1.82, 2.24) is 16.0 Å². The highest BCUT2D eigenvalue weighted by Crippen LogP contribution is 2.18. The van der Waals surface area contributed by atoms with Gasteiger partial charge >= 0.3 is 0 Å². The summed E-state index contributed by atoms with van der Waals surface area (Å²) < 4.78 is 4.90. The number of hydrogen-bond acceptors (Lipinski definition) is 3. The van der Waals surface area contributed by atoms with E-state index in [0.29, 0.717) is 25.0 Å². The van der Waals surface area contributed by atoms with E-state index in [9.17, 15) is 4.79 Å². The normalized spacial score (nSPS) is 13.4. The number of carbonyl (C=O) groups is 1. The summed E-state index contributed by atoms with van der Waals surface area (Å²) in [6.07, 6.45) is 0. The van der Waals surface area contributed by atoms with Crippen LogP contribution in [0.4, 0.5) is 0 Å². The quantitative estimate of drug-likeness (QED) is 0.228. The van der Waals surface area contributed by atoms with Crippen molar-refractivity contribution >= 4 is 35.8 Å². The average molecular weight is 462 g/mol. The predicted octanol–water partition coefficient (Wildman–Crippen LogP) is 2.11. The number of nitrogens with one attached hydrogen (secondary N) is 3. The molecule has 0 aliphatic heterocycles. The van der Waals surface area contributed by atoms with Crippen LogP contribution in [0.5, 0.6) is 0 Å². The zero-order valence-corrected chi connectivity index (χ0v) is 17.9. The van der Waals surface area contributed by atoms with Gasteiger partial charge in [-0.05, 0) is 19.4 Å². The maximum Gasteiger partial charge on any atom is 0.241 e. The molecule has 0 aliphatic carbocycles. The maximum absolute atomic E-state index is 11.7. The summed E-state index contributed by atoms with van der Waals surface area (Å²) in [7, 11) is 1.60. The van der Waals surface area contributed by atoms with Gasteiger partial charge < -0.3 is 20.7 Å². The first-order valence-electron chi connectivity index (χ1n) is 8.43. The van der Waals surface area contributed by atoms with Gasteiger partial charge in [-0.25, -0.2) is 4.99 Å². The molecule has 0 bridgehead atoms. The lowest BCUT2D eigenvalue weighted by atomic mass is 9.94. The highest BCUT2D eigenvalue weighted by molar-refractivity contribution is 14.0. The third-order valence-electron chi connectivity index (χ3n) is 3.79. The van der Waals surface area contributed by atoms with E-state index in [4.69, 9.17) is 4.74 Å². The van der Waals surface area contributed by atoms with Gasteiger partial charge in [0, 0.05) is 32.2 Å². The molecule has 0 aliphatic rings. The molecule has 7 heteroatoms. The Labute approximate surface area is 168 Å². The zero-order valence-electron chi connectivity index (χ0n) is 15.5. The van der Waals surface area contributed by atoms with Crippen LogP contribution >= 0.6 is 24.0 Å². The third kappa shape index (κ3) is 9.64. The van der Waals surface area contributed by atoms with Crippen LogP contribution in [0.2, 0.25) is 0 Å². The van der Waals surface area contributed by atoms with Gasteiger partial charge in [0.25, 0.3) is 0 Å². The molecule has 0 aromatic heterocycles. The summed E-state index contributed by atoms with van der Waals surface area (Å²) in [5.41, 5.74) is 1.27. The lowest BCUT2D eigenvalue weighted by Crippen LogP contribution is -2.44. The predicted molar refractivity (Wildman–Crippen MR) is 114 cm³/mol. The Kier molecular flexibility index (Phi) is 13.1. The van der Waals surface area contributed by atoms with E-state index < -0.39 is 0 Å². The van der Waals surface area contributed by atoms with Gasteiger partial charge in [0.1, 0.15) is 6.54 Å². The lowest BCUT2D eigenvalue weighted by molar-refractivity contribution is -0.119. The number of rotatable bonds is 9. The number of amides is 1. The van der Waals surface area contributed by atoms with Crippen molar-refractivity contribution in [2.24, 2.45) is 4.99 Å². The van der Waals surface area contributed by atoms with Crippen molar-refractivity contribution in [3.05, 3.63) is 35.9 Å². The number of benzene rings is 1. The maximum atomic E-state index is 11.7. The van der Waals surface area contributed by atoms with E-state index in [0.717, 1.165) is 6.54 Å². The first kappa shape index (κ1) is 23.6. The van der Waals surface area contributed by atoms with Gasteiger partial charge in [-0.2, -0.15) is 0 Å². The number of carbonyl (C=O) groups excluding carboxylic acids is 1. The number of aliphatic imine (C=N–C) groups is 1. The molecule has 0 fully saturated rings. The van der Waals surface area contributed by atoms with E-state index in [1.165, 1.54) is 5.56 Å². The molecule has 1 aromatic rings. The van der Waals surface area contributed by atoms with Gasteiger partial charge in [-0.3, -0.25) is 4.79 Å². The van der Waals surface area contributed by atoms with Gasteiger partial charge in [0.05, 0.1) is 6.61 Å². The number of hydrogen-bond donors (Lipinski definition) is 3. The molecule has 2 atom stereocenters. The van der Waals surface area contributed by atoms with E-state index in [1.807, 2.05) is 25.1 Å². The fraction of sp³-hybridized carbons (Fsp3) is 0.556. The SMILES string of the molecule is CCNC(=NCC(=O)NCCOC)NC(C)C(C)c1ccccc1.I. The molecule has 6 nitrogen and oxygen atoms in total. The Morgan fingerprint density at radius 3 is 2.48 bits per heavy atom. The number of methoxy groups -OCH3 is 1. The molecule has 0 spiro atoms. The summed E-state index contributed by atoms with van der Waals surface area (Å²) in [6.45, 7) is 8.11. The number of guanidine groups is 1. The van der Waals surface area contributed by atoms with Crippen LogP contribution in [0.15, 0.2) is 35.3 Å². The lowest BCUT2D eigenvalue weighted by Gasteiger charge is -2.24. The van der Waals surface area contributed by atoms with Crippen LogP contribution in [0, 0.1) is 0 Å². The summed E-state index contributed by atoms with van der Waals surface area (Å²) in [5, 5.41) is 9.31. The molecule has 0 heterocycles.